The third-order valence-corrected chi connectivity index (χ3v) is 14.0. The largest absolute Gasteiger partial charge is 0.508 e. The van der Waals surface area contributed by atoms with E-state index in [0.29, 0.717) is 18.4 Å². The topological polar surface area (TPSA) is 464 Å². The Kier molecular flexibility index (Phi) is 24.3. The third-order valence-electron chi connectivity index (χ3n) is 11.5. The van der Waals surface area contributed by atoms with Gasteiger partial charge in [-0.2, -0.15) is 0 Å². The van der Waals surface area contributed by atoms with Crippen molar-refractivity contribution in [3.63, 3.8) is 0 Å². The Morgan fingerprint density at radius 3 is 2.06 bits per heavy atom. The van der Waals surface area contributed by atoms with Crippen LogP contribution in [-0.4, -0.2) is 160 Å². The lowest BCUT2D eigenvalue weighted by Crippen LogP contribution is -2.61. The van der Waals surface area contributed by atoms with Crippen molar-refractivity contribution in [2.45, 2.75) is 120 Å². The van der Waals surface area contributed by atoms with Crippen molar-refractivity contribution in [2.24, 2.45) is 45.3 Å². The fourth-order valence-corrected chi connectivity index (χ4v) is 9.69. The van der Waals surface area contributed by atoms with Gasteiger partial charge < -0.3 is 81.6 Å². The number of hydrogen-bond donors (Lipinski definition) is 14. The Hall–Kier alpha value is -6.88. The van der Waals surface area contributed by atoms with Gasteiger partial charge in [-0.15, -0.1) is 0 Å². The van der Waals surface area contributed by atoms with Crippen LogP contribution < -0.4 is 71.6 Å². The second-order valence-electron chi connectivity index (χ2n) is 17.2. The number of aliphatic imine (C=N–C) groups is 1. The number of aromatic hydroxyl groups is 1. The monoisotopic (exact) mass is 1050 g/mol. The summed E-state index contributed by atoms with van der Waals surface area (Å²) in [5, 5.41) is 27.6. The molecule has 0 spiro atoms. The van der Waals surface area contributed by atoms with Gasteiger partial charge in [-0.1, -0.05) is 54.0 Å². The van der Waals surface area contributed by atoms with Crippen molar-refractivity contribution in [3.8, 4) is 5.75 Å². The van der Waals surface area contributed by atoms with Crippen LogP contribution in [0.1, 0.15) is 70.8 Å². The van der Waals surface area contributed by atoms with Crippen molar-refractivity contribution in [2.75, 3.05) is 31.1 Å². The van der Waals surface area contributed by atoms with Gasteiger partial charge in [-0.25, -0.2) is 0 Å². The summed E-state index contributed by atoms with van der Waals surface area (Å²) < 4.78 is 0. The molecule has 0 aliphatic carbocycles. The van der Waals surface area contributed by atoms with Gasteiger partial charge in [0.05, 0.1) is 19.0 Å². The van der Waals surface area contributed by atoms with Crippen molar-refractivity contribution < 1.29 is 57.8 Å². The summed E-state index contributed by atoms with van der Waals surface area (Å²) in [4.78, 5) is 152. The van der Waals surface area contributed by atoms with Gasteiger partial charge in [0.25, 0.3) is 0 Å². The standard InChI is InChI=1S/C43H67N15O12S2/c1-3-21(2)34-41(69)53-26(12-13-31(45)60)37(65)55-28(17-32(46)61)38(66)56-29(20-72-71-19-24(44)35(63)54-27(39(67)57-34)16-22-8-10-23(59)11-9-22)42(70)58-15-5-7-30(58)40(68)52-25(6-4-14-50-43(48)49)36(64)51-18-33(47)62/h8-11,21,24-30,34,59H,3-7,12-20,44H2,1-2H3,(H2,45,60)(H2,46,61)(H2,47,62)(H,51,64)(H,52,68)(H,53,69)(H,54,63)(H,55,65)(H,56,66)(H,57,67)(H4,48,49,50)/t21-,24-,25-,26-,27?,28?,29-,30-,34-/m0/s1. The van der Waals surface area contributed by atoms with Crippen molar-refractivity contribution in [1.29, 1.82) is 0 Å². The van der Waals surface area contributed by atoms with Gasteiger partial charge in [0.15, 0.2) is 5.96 Å². The lowest BCUT2D eigenvalue weighted by atomic mass is 9.96. The number of guanidine groups is 1. The maximum absolute atomic E-state index is 14.5. The summed E-state index contributed by atoms with van der Waals surface area (Å²) in [6, 6.07) is -5.40. The molecule has 2 aliphatic heterocycles. The number of hydrogen-bond acceptors (Lipinski definition) is 16. The van der Waals surface area contributed by atoms with Crippen LogP contribution in [0.4, 0.5) is 0 Å². The summed E-state index contributed by atoms with van der Waals surface area (Å²) in [5.41, 5.74) is 33.7. The number of carbonyl (C=O) groups excluding carboxylic acids is 11. The summed E-state index contributed by atoms with van der Waals surface area (Å²) in [7, 11) is 2.00. The molecule has 1 aromatic carbocycles. The molecular formula is C43H67N15O12S2. The number of phenols is 1. The number of nitrogens with one attached hydrogen (secondary N) is 7. The van der Waals surface area contributed by atoms with E-state index in [-0.39, 0.29) is 62.0 Å². The molecule has 9 atom stereocenters. The molecule has 0 radical (unpaired) electrons. The molecule has 1 aromatic rings. The highest BCUT2D eigenvalue weighted by Gasteiger charge is 2.41. The first-order valence-electron chi connectivity index (χ1n) is 23.1. The van der Waals surface area contributed by atoms with Gasteiger partial charge in [0.2, 0.25) is 65.0 Å². The van der Waals surface area contributed by atoms with Gasteiger partial charge in [0.1, 0.15) is 48.0 Å². The first-order valence-corrected chi connectivity index (χ1v) is 25.6. The van der Waals surface area contributed by atoms with E-state index in [9.17, 15) is 57.8 Å². The van der Waals surface area contributed by atoms with Gasteiger partial charge in [0, 0.05) is 37.4 Å². The first-order chi connectivity index (χ1) is 34.0. The van der Waals surface area contributed by atoms with Gasteiger partial charge in [-0.3, -0.25) is 57.7 Å². The number of carbonyl (C=O) groups is 11. The Bertz CT molecular complexity index is 2170. The second-order valence-corrected chi connectivity index (χ2v) is 19.8. The number of likely N-dealkylation sites (tertiary alicyclic amines) is 1. The number of nitrogens with zero attached hydrogens (tertiary/aromatic N) is 2. The molecule has 0 saturated carbocycles. The van der Waals surface area contributed by atoms with E-state index in [1.807, 2.05) is 0 Å². The molecular weight excluding hydrogens is 983 g/mol. The van der Waals surface area contributed by atoms with E-state index < -0.39 is 145 Å². The highest BCUT2D eigenvalue weighted by molar-refractivity contribution is 8.76. The summed E-state index contributed by atoms with van der Waals surface area (Å²) in [5.74, 6) is -10.9. The first kappa shape index (κ1) is 59.4. The van der Waals surface area contributed by atoms with E-state index in [2.05, 4.69) is 42.2 Å². The number of rotatable bonds is 19. The highest BCUT2D eigenvalue weighted by atomic mass is 33.1. The predicted octanol–water partition coefficient (Wildman–Crippen LogP) is -5.60. The van der Waals surface area contributed by atoms with Crippen molar-refractivity contribution in [1.82, 2.24) is 42.1 Å². The van der Waals surface area contributed by atoms with Gasteiger partial charge in [-0.05, 0) is 55.7 Å². The SMILES string of the molecule is CC[C@H](C)[C@@H]1NC(=O)C(Cc2ccc(O)cc2)NC(=O)[C@@H](N)CSSC[C@@H](C(=O)N2CCC[C@H]2C(=O)N[C@@H](CCCN=C(N)N)C(=O)NCC(N)=O)NC(=O)C(CC(N)=O)NC(=O)[C@H](CCC(N)=O)NC1=O. The fourth-order valence-electron chi connectivity index (χ4n) is 7.41. The molecule has 11 amide bonds. The highest BCUT2D eigenvalue weighted by Crippen LogP contribution is 2.26. The molecule has 398 valence electrons. The van der Waals surface area contributed by atoms with Crippen LogP contribution in [0.3, 0.4) is 0 Å². The maximum atomic E-state index is 14.5. The predicted molar refractivity (Wildman–Crippen MR) is 265 cm³/mol. The van der Waals surface area contributed by atoms with Crippen LogP contribution in [0.2, 0.25) is 0 Å². The fraction of sp³-hybridized carbons (Fsp3) is 0.581. The summed E-state index contributed by atoms with van der Waals surface area (Å²) >= 11 is 0. The molecule has 0 bridgehead atoms. The Balaban J connectivity index is 2.04. The summed E-state index contributed by atoms with van der Waals surface area (Å²) in [6.07, 6.45) is -0.813. The number of benzene rings is 1. The zero-order valence-electron chi connectivity index (χ0n) is 40.0. The van der Waals surface area contributed by atoms with E-state index in [1.54, 1.807) is 13.8 Å². The minimum Gasteiger partial charge on any atom is -0.508 e. The number of nitrogens with two attached hydrogens (primary N) is 6. The van der Waals surface area contributed by atoms with Crippen LogP contribution in [0.5, 0.6) is 5.75 Å². The zero-order valence-corrected chi connectivity index (χ0v) is 41.7. The molecule has 72 heavy (non-hydrogen) atoms. The molecule has 3 rings (SSSR count). The maximum Gasteiger partial charge on any atom is 0.246 e. The van der Waals surface area contributed by atoms with Crippen LogP contribution in [-0.2, 0) is 59.2 Å². The van der Waals surface area contributed by atoms with Crippen LogP contribution in [0.15, 0.2) is 29.3 Å². The minimum absolute atomic E-state index is 0.00520. The molecule has 29 heteroatoms. The third kappa shape index (κ3) is 19.7. The smallest absolute Gasteiger partial charge is 0.246 e. The quantitative estimate of drug-likeness (QED) is 0.0266. The van der Waals surface area contributed by atoms with E-state index in [1.165, 1.54) is 29.2 Å². The number of phenolic OH excluding ortho intramolecular Hbond substituents is 1. The molecule has 0 aromatic heterocycles. The molecule has 2 heterocycles. The number of primary amides is 3. The van der Waals surface area contributed by atoms with E-state index >= 15 is 0 Å². The Morgan fingerprint density at radius 1 is 0.806 bits per heavy atom. The molecule has 20 N–H and O–H groups in total. The minimum atomic E-state index is -1.78. The molecule has 2 aliphatic rings. The lowest BCUT2D eigenvalue weighted by molar-refractivity contribution is -0.142. The average molecular weight is 1050 g/mol. The summed E-state index contributed by atoms with van der Waals surface area (Å²) in [6.45, 7) is 2.95. The molecule has 2 unspecified atom stereocenters. The van der Waals surface area contributed by atoms with E-state index in [0.717, 1.165) is 21.6 Å². The molecule has 27 nitrogen and oxygen atoms in total. The molecule has 2 fully saturated rings. The van der Waals surface area contributed by atoms with Crippen LogP contribution >= 0.6 is 21.6 Å². The second kappa shape index (κ2) is 29.5. The van der Waals surface area contributed by atoms with E-state index in [4.69, 9.17) is 34.4 Å². The van der Waals surface area contributed by atoms with Crippen molar-refractivity contribution >= 4 is 92.5 Å². The Morgan fingerprint density at radius 2 is 1.43 bits per heavy atom. The van der Waals surface area contributed by atoms with Crippen molar-refractivity contribution in [3.05, 3.63) is 29.8 Å². The van der Waals surface area contributed by atoms with Crippen LogP contribution in [0, 0.1) is 5.92 Å². The number of amides is 11. The zero-order chi connectivity index (χ0) is 53.7. The van der Waals surface area contributed by atoms with Crippen LogP contribution in [0.25, 0.3) is 0 Å². The normalized spacial score (nSPS) is 23.6. The lowest BCUT2D eigenvalue weighted by Gasteiger charge is -2.31. The Labute approximate surface area is 423 Å². The van der Waals surface area contributed by atoms with Gasteiger partial charge >= 0.3 is 0 Å². The molecule has 2 saturated heterocycles. The average Bonchev–Trinajstić information content (AvgIpc) is 3.82.